The quantitative estimate of drug-likeness (QED) is 0.377. The van der Waals surface area contributed by atoms with Gasteiger partial charge in [-0.1, -0.05) is 24.3 Å². The molecule has 0 aliphatic carbocycles. The lowest BCUT2D eigenvalue weighted by Crippen LogP contribution is -2.30. The maximum absolute atomic E-state index is 12.8. The fourth-order valence-corrected chi connectivity index (χ4v) is 4.15. The van der Waals surface area contributed by atoms with Crippen LogP contribution in [0.15, 0.2) is 70.2 Å². The molecule has 1 amide bonds. The largest absolute Gasteiger partial charge is 0.467 e. The van der Waals surface area contributed by atoms with Gasteiger partial charge in [0.2, 0.25) is 0 Å². The molecule has 0 aliphatic heterocycles. The Morgan fingerprint density at radius 3 is 2.50 bits per heavy atom. The van der Waals surface area contributed by atoms with Crippen LogP contribution in [0.3, 0.4) is 0 Å². The first-order chi connectivity index (χ1) is 15.2. The lowest BCUT2D eigenvalue weighted by Gasteiger charge is -2.16. The lowest BCUT2D eigenvalue weighted by molar-refractivity contribution is -0.134. The highest BCUT2D eigenvalue weighted by atomic mass is 32.2. The minimum atomic E-state index is -4.19. The molecule has 0 spiro atoms. The van der Waals surface area contributed by atoms with Gasteiger partial charge in [0.15, 0.2) is 12.4 Å². The summed E-state index contributed by atoms with van der Waals surface area (Å²) < 4.78 is 41.2. The van der Waals surface area contributed by atoms with Gasteiger partial charge in [0.05, 0.1) is 12.8 Å². The van der Waals surface area contributed by atoms with Gasteiger partial charge in [0.25, 0.3) is 5.91 Å². The number of esters is 1. The topological polar surface area (TPSA) is 103 Å². The monoisotopic (exact) mass is 457 g/mol. The van der Waals surface area contributed by atoms with E-state index in [9.17, 15) is 18.0 Å². The van der Waals surface area contributed by atoms with Crippen LogP contribution in [0, 0.1) is 13.8 Å². The first kappa shape index (κ1) is 23.1. The second-order valence-corrected chi connectivity index (χ2v) is 8.72. The molecular formula is C23H23NO7S. The third-order valence-electron chi connectivity index (χ3n) is 4.65. The number of para-hydroxylation sites is 1. The molecule has 1 heterocycles. The molecule has 168 valence electrons. The predicted octanol–water partition coefficient (Wildman–Crippen LogP) is 3.48. The van der Waals surface area contributed by atoms with Gasteiger partial charge < -0.3 is 18.2 Å². The number of ether oxygens (including phenoxy) is 1. The van der Waals surface area contributed by atoms with Crippen molar-refractivity contribution >= 4 is 22.0 Å². The number of furan rings is 1. The van der Waals surface area contributed by atoms with Crippen LogP contribution in [-0.2, 0) is 26.2 Å². The average molecular weight is 458 g/mol. The number of carbonyl (C=O) groups excluding carboxylic acids is 2. The van der Waals surface area contributed by atoms with Crippen molar-refractivity contribution < 1.29 is 31.3 Å². The summed E-state index contributed by atoms with van der Waals surface area (Å²) in [5, 5.41) is 0. The van der Waals surface area contributed by atoms with Crippen LogP contribution < -0.4 is 4.18 Å². The number of hydrogen-bond acceptors (Lipinski definition) is 7. The van der Waals surface area contributed by atoms with Crippen LogP contribution in [0.4, 0.5) is 0 Å². The summed E-state index contributed by atoms with van der Waals surface area (Å²) >= 11 is 0. The molecule has 0 radical (unpaired) electrons. The van der Waals surface area contributed by atoms with E-state index in [1.807, 2.05) is 0 Å². The molecular weight excluding hydrogens is 434 g/mol. The zero-order valence-electron chi connectivity index (χ0n) is 17.9. The zero-order chi connectivity index (χ0) is 23.3. The molecule has 8 nitrogen and oxygen atoms in total. The molecule has 0 saturated carbocycles. The van der Waals surface area contributed by atoms with Crippen molar-refractivity contribution in [1.29, 1.82) is 0 Å². The summed E-state index contributed by atoms with van der Waals surface area (Å²) in [7, 11) is -2.64. The highest BCUT2D eigenvalue weighted by Gasteiger charge is 2.24. The maximum atomic E-state index is 12.8. The van der Waals surface area contributed by atoms with Crippen molar-refractivity contribution in [1.82, 2.24) is 4.90 Å². The lowest BCUT2D eigenvalue weighted by atomic mass is 10.2. The van der Waals surface area contributed by atoms with E-state index >= 15 is 0 Å². The number of carbonyl (C=O) groups is 2. The maximum Gasteiger partial charge on any atom is 0.342 e. The smallest absolute Gasteiger partial charge is 0.342 e. The van der Waals surface area contributed by atoms with E-state index in [0.717, 1.165) is 5.56 Å². The van der Waals surface area contributed by atoms with Gasteiger partial charge in [0.1, 0.15) is 16.2 Å². The number of hydrogen-bond donors (Lipinski definition) is 0. The van der Waals surface area contributed by atoms with Crippen molar-refractivity contribution in [3.63, 3.8) is 0 Å². The first-order valence-corrected chi connectivity index (χ1v) is 11.1. The molecule has 0 bridgehead atoms. The third-order valence-corrected chi connectivity index (χ3v) is 6.02. The molecule has 0 atom stereocenters. The molecule has 3 aromatic rings. The van der Waals surface area contributed by atoms with Gasteiger partial charge >= 0.3 is 16.1 Å². The van der Waals surface area contributed by atoms with Crippen LogP contribution in [0.25, 0.3) is 0 Å². The average Bonchev–Trinajstić information content (AvgIpc) is 3.26. The molecule has 0 aliphatic rings. The van der Waals surface area contributed by atoms with E-state index in [1.165, 1.54) is 35.4 Å². The Kier molecular flexibility index (Phi) is 6.99. The predicted molar refractivity (Wildman–Crippen MR) is 116 cm³/mol. The Morgan fingerprint density at radius 2 is 1.78 bits per heavy atom. The van der Waals surface area contributed by atoms with Crippen LogP contribution >= 0.6 is 0 Å². The number of rotatable bonds is 8. The fourth-order valence-electron chi connectivity index (χ4n) is 2.89. The number of benzene rings is 2. The molecule has 0 saturated heterocycles. The van der Waals surface area contributed by atoms with Gasteiger partial charge in [0, 0.05) is 7.05 Å². The molecule has 0 fully saturated rings. The highest BCUT2D eigenvalue weighted by molar-refractivity contribution is 7.87. The van der Waals surface area contributed by atoms with E-state index < -0.39 is 28.6 Å². The number of amides is 1. The molecule has 2 aromatic carbocycles. The second-order valence-electron chi connectivity index (χ2n) is 7.21. The summed E-state index contributed by atoms with van der Waals surface area (Å²) in [4.78, 5) is 26.2. The Bertz CT molecular complexity index is 1220. The Labute approximate surface area is 186 Å². The van der Waals surface area contributed by atoms with Crippen LogP contribution in [0.5, 0.6) is 5.75 Å². The van der Waals surface area contributed by atoms with Crippen molar-refractivity contribution in [3.05, 3.63) is 83.3 Å². The van der Waals surface area contributed by atoms with Gasteiger partial charge in [-0.15, -0.1) is 0 Å². The molecule has 9 heteroatoms. The van der Waals surface area contributed by atoms with E-state index in [4.69, 9.17) is 13.3 Å². The zero-order valence-corrected chi connectivity index (χ0v) is 18.7. The highest BCUT2D eigenvalue weighted by Crippen LogP contribution is 2.26. The molecule has 1 aromatic heterocycles. The summed E-state index contributed by atoms with van der Waals surface area (Å²) in [5.41, 5.74) is 1.16. The van der Waals surface area contributed by atoms with E-state index in [2.05, 4.69) is 0 Å². The number of aryl methyl sites for hydroxylation is 2. The van der Waals surface area contributed by atoms with E-state index in [1.54, 1.807) is 51.2 Å². The number of likely N-dealkylation sites (N-methyl/N-ethyl adjacent to an activating group) is 1. The Morgan fingerprint density at radius 1 is 1.03 bits per heavy atom. The van der Waals surface area contributed by atoms with Gasteiger partial charge in [-0.05, 0) is 55.3 Å². The van der Waals surface area contributed by atoms with Gasteiger partial charge in [-0.3, -0.25) is 4.79 Å². The van der Waals surface area contributed by atoms with E-state index in [0.29, 0.717) is 11.3 Å². The molecule has 3 rings (SSSR count). The summed E-state index contributed by atoms with van der Waals surface area (Å²) in [5.74, 6) is -0.926. The number of nitrogens with zero attached hydrogens (tertiary/aromatic N) is 1. The minimum Gasteiger partial charge on any atom is -0.467 e. The first-order valence-electron chi connectivity index (χ1n) is 9.71. The van der Waals surface area contributed by atoms with Gasteiger partial charge in [-0.25, -0.2) is 4.79 Å². The Balaban J connectivity index is 1.71. The molecule has 32 heavy (non-hydrogen) atoms. The Hall–Kier alpha value is -3.59. The van der Waals surface area contributed by atoms with E-state index in [-0.39, 0.29) is 22.8 Å². The van der Waals surface area contributed by atoms with Crippen molar-refractivity contribution in [2.24, 2.45) is 0 Å². The standard InChI is InChI=1S/C23H23NO7S/c1-16-10-11-17(2)21(13-16)32(27,28)31-20-9-5-4-8-19(20)23(26)30-15-22(25)24(3)14-18-7-6-12-29-18/h4-13H,14-15H2,1-3H3. The molecule has 0 N–H and O–H groups in total. The van der Waals surface area contributed by atoms with Crippen molar-refractivity contribution in [3.8, 4) is 5.75 Å². The van der Waals surface area contributed by atoms with Crippen LogP contribution in [0.2, 0.25) is 0 Å². The fraction of sp³-hybridized carbons (Fsp3) is 0.217. The van der Waals surface area contributed by atoms with Gasteiger partial charge in [-0.2, -0.15) is 8.42 Å². The second kappa shape index (κ2) is 9.69. The summed E-state index contributed by atoms with van der Waals surface area (Å²) in [6.45, 7) is 3.12. The summed E-state index contributed by atoms with van der Waals surface area (Å²) in [6, 6.07) is 14.2. The van der Waals surface area contributed by atoms with Crippen LogP contribution in [0.1, 0.15) is 27.2 Å². The van der Waals surface area contributed by atoms with Crippen LogP contribution in [-0.4, -0.2) is 38.8 Å². The van der Waals surface area contributed by atoms with Crippen molar-refractivity contribution in [2.75, 3.05) is 13.7 Å². The van der Waals surface area contributed by atoms with Crippen molar-refractivity contribution in [2.45, 2.75) is 25.3 Å². The summed E-state index contributed by atoms with van der Waals surface area (Å²) in [6.07, 6.45) is 1.50. The minimum absolute atomic E-state index is 0.00963. The molecule has 0 unspecified atom stereocenters. The third kappa shape index (κ3) is 5.55. The SMILES string of the molecule is Cc1ccc(C)c(S(=O)(=O)Oc2ccccc2C(=O)OCC(=O)N(C)Cc2ccco2)c1. The normalized spacial score (nSPS) is 11.1.